The second-order valence-corrected chi connectivity index (χ2v) is 6.72. The predicted molar refractivity (Wildman–Crippen MR) is 92.8 cm³/mol. The van der Waals surface area contributed by atoms with Crippen molar-refractivity contribution < 1.29 is 0 Å². The second-order valence-electron chi connectivity index (χ2n) is 6.18. The predicted octanol–water partition coefficient (Wildman–Crippen LogP) is 4.78. The molecular weight excluding hydrogens is 282 g/mol. The third-order valence-corrected chi connectivity index (χ3v) is 4.54. The molecule has 0 spiro atoms. The molecule has 0 aliphatic carbocycles. The smallest absolute Gasteiger partial charge is 0.103 e. The quantitative estimate of drug-likeness (QED) is 0.780. The molecule has 1 N–H and O–H groups in total. The van der Waals surface area contributed by atoms with Crippen LogP contribution in [0, 0.1) is 5.92 Å². The van der Waals surface area contributed by atoms with Gasteiger partial charge in [0.25, 0.3) is 0 Å². The molecule has 2 rings (SSSR count). The lowest BCUT2D eigenvalue weighted by Crippen LogP contribution is -2.13. The molecule has 21 heavy (non-hydrogen) atoms. The highest BCUT2D eigenvalue weighted by molar-refractivity contribution is 6.65. The van der Waals surface area contributed by atoms with Crippen molar-refractivity contribution in [3.05, 3.63) is 24.0 Å². The van der Waals surface area contributed by atoms with E-state index in [4.69, 9.17) is 11.6 Å². The van der Waals surface area contributed by atoms with E-state index in [1.54, 1.807) is 0 Å². The van der Waals surface area contributed by atoms with Crippen LogP contribution in [0.1, 0.15) is 50.9 Å². The second kappa shape index (κ2) is 6.80. The Morgan fingerprint density at radius 2 is 2.33 bits per heavy atom. The summed E-state index contributed by atoms with van der Waals surface area (Å²) >= 11 is 5.99. The summed E-state index contributed by atoms with van der Waals surface area (Å²) in [5.41, 5.74) is 4.36. The highest BCUT2D eigenvalue weighted by Crippen LogP contribution is 2.36. The summed E-state index contributed by atoms with van der Waals surface area (Å²) in [5.74, 6) is 0.991. The maximum atomic E-state index is 5.99. The standard InChI is InChI=1S/C17H26ClN3/c1-6-11(2)12(3)17-16(19-13(4)18)9-15(20-17)14-7-8-21(5)10-14/h9,11,14,20H,3,6-8,10H2,1-2,4-5H3. The zero-order valence-electron chi connectivity index (χ0n) is 13.5. The molecule has 0 bridgehead atoms. The molecule has 0 aromatic carbocycles. The Morgan fingerprint density at radius 3 is 2.86 bits per heavy atom. The Hall–Kier alpha value is -1.06. The SMILES string of the molecule is C=C(c1[nH]c(C2CCN(C)C2)cc1N=C(C)Cl)C(C)CC. The van der Waals surface area contributed by atoms with E-state index in [-0.39, 0.29) is 0 Å². The van der Waals surface area contributed by atoms with Crippen LogP contribution in [0.5, 0.6) is 0 Å². The van der Waals surface area contributed by atoms with Crippen LogP contribution in [-0.2, 0) is 0 Å². The average molecular weight is 308 g/mol. The van der Waals surface area contributed by atoms with Gasteiger partial charge in [0, 0.05) is 18.2 Å². The van der Waals surface area contributed by atoms with Gasteiger partial charge in [0.1, 0.15) is 5.17 Å². The highest BCUT2D eigenvalue weighted by Gasteiger charge is 2.24. The summed E-state index contributed by atoms with van der Waals surface area (Å²) in [7, 11) is 2.17. The van der Waals surface area contributed by atoms with Gasteiger partial charge >= 0.3 is 0 Å². The van der Waals surface area contributed by atoms with Gasteiger partial charge in [0.2, 0.25) is 0 Å². The fourth-order valence-corrected chi connectivity index (χ4v) is 2.96. The maximum absolute atomic E-state index is 5.99. The van der Waals surface area contributed by atoms with Gasteiger partial charge < -0.3 is 9.88 Å². The molecule has 1 saturated heterocycles. The number of aromatic amines is 1. The zero-order chi connectivity index (χ0) is 15.6. The zero-order valence-corrected chi connectivity index (χ0v) is 14.3. The van der Waals surface area contributed by atoms with Gasteiger partial charge in [-0.2, -0.15) is 0 Å². The third kappa shape index (κ3) is 3.78. The van der Waals surface area contributed by atoms with Crippen LogP contribution in [-0.4, -0.2) is 35.2 Å². The molecule has 0 amide bonds. The van der Waals surface area contributed by atoms with E-state index in [9.17, 15) is 0 Å². The molecule has 1 fully saturated rings. The van der Waals surface area contributed by atoms with Gasteiger partial charge in [-0.3, -0.25) is 0 Å². The Labute approximate surface area is 133 Å². The highest BCUT2D eigenvalue weighted by atomic mass is 35.5. The number of rotatable bonds is 5. The van der Waals surface area contributed by atoms with Crippen LogP contribution in [0.2, 0.25) is 0 Å². The Kier molecular flexibility index (Phi) is 5.28. The maximum Gasteiger partial charge on any atom is 0.103 e. The van der Waals surface area contributed by atoms with Crippen LogP contribution in [0.15, 0.2) is 17.6 Å². The molecule has 1 aromatic rings. The molecule has 116 valence electrons. The van der Waals surface area contributed by atoms with E-state index in [0.717, 1.165) is 36.5 Å². The van der Waals surface area contributed by atoms with Crippen molar-refractivity contribution in [2.45, 2.75) is 39.5 Å². The minimum atomic E-state index is 0.437. The summed E-state index contributed by atoms with van der Waals surface area (Å²) in [4.78, 5) is 10.4. The van der Waals surface area contributed by atoms with Crippen LogP contribution in [0.3, 0.4) is 0 Å². The van der Waals surface area contributed by atoms with E-state index in [1.807, 2.05) is 6.92 Å². The number of likely N-dealkylation sites (tertiary alicyclic amines) is 1. The molecular formula is C17H26ClN3. The lowest BCUT2D eigenvalue weighted by atomic mass is 9.97. The van der Waals surface area contributed by atoms with E-state index >= 15 is 0 Å². The molecule has 0 saturated carbocycles. The van der Waals surface area contributed by atoms with Gasteiger partial charge in [-0.25, -0.2) is 4.99 Å². The van der Waals surface area contributed by atoms with Gasteiger partial charge in [0.05, 0.1) is 11.4 Å². The lowest BCUT2D eigenvalue weighted by Gasteiger charge is -2.12. The molecule has 2 heterocycles. The number of likely N-dealkylation sites (N-methyl/N-ethyl adjacent to an activating group) is 1. The van der Waals surface area contributed by atoms with Crippen LogP contribution >= 0.6 is 11.6 Å². The fraction of sp³-hybridized carbons (Fsp3) is 0.588. The monoisotopic (exact) mass is 307 g/mol. The average Bonchev–Trinajstić information content (AvgIpc) is 3.03. The molecule has 1 aliphatic heterocycles. The largest absolute Gasteiger partial charge is 0.357 e. The summed E-state index contributed by atoms with van der Waals surface area (Å²) in [5, 5.41) is 0.558. The van der Waals surface area contributed by atoms with Crippen molar-refractivity contribution in [2.24, 2.45) is 10.9 Å². The first-order chi connectivity index (χ1) is 9.92. The van der Waals surface area contributed by atoms with E-state index in [2.05, 4.69) is 48.4 Å². The van der Waals surface area contributed by atoms with Gasteiger partial charge in [-0.1, -0.05) is 32.0 Å². The number of nitrogens with one attached hydrogen (secondary N) is 1. The molecule has 0 radical (unpaired) electrons. The number of H-pyrrole nitrogens is 1. The first-order valence-electron chi connectivity index (χ1n) is 7.73. The molecule has 3 nitrogen and oxygen atoms in total. The van der Waals surface area contributed by atoms with Crippen LogP contribution < -0.4 is 0 Å². The number of hydrogen-bond donors (Lipinski definition) is 1. The van der Waals surface area contributed by atoms with Crippen molar-refractivity contribution >= 4 is 28.0 Å². The number of allylic oxidation sites excluding steroid dienone is 1. The van der Waals surface area contributed by atoms with Crippen molar-refractivity contribution in [2.75, 3.05) is 20.1 Å². The van der Waals surface area contributed by atoms with E-state index < -0.39 is 0 Å². The van der Waals surface area contributed by atoms with Gasteiger partial charge in [-0.05, 0) is 50.9 Å². The topological polar surface area (TPSA) is 31.4 Å². The summed E-state index contributed by atoms with van der Waals surface area (Å²) in [6, 6.07) is 2.15. The van der Waals surface area contributed by atoms with E-state index in [0.29, 0.717) is 17.0 Å². The fourth-order valence-electron chi connectivity index (χ4n) is 2.86. The van der Waals surface area contributed by atoms with Crippen molar-refractivity contribution in [1.29, 1.82) is 0 Å². The number of hydrogen-bond acceptors (Lipinski definition) is 2. The first kappa shape index (κ1) is 16.3. The van der Waals surface area contributed by atoms with Crippen molar-refractivity contribution in [3.63, 3.8) is 0 Å². The summed E-state index contributed by atoms with van der Waals surface area (Å²) in [6.45, 7) is 12.7. The number of aromatic nitrogens is 1. The van der Waals surface area contributed by atoms with E-state index in [1.165, 1.54) is 12.1 Å². The molecule has 1 aliphatic rings. The Bertz CT molecular complexity index is 540. The van der Waals surface area contributed by atoms with Crippen LogP contribution in [0.4, 0.5) is 5.69 Å². The number of halogens is 1. The first-order valence-corrected chi connectivity index (χ1v) is 8.11. The summed E-state index contributed by atoms with van der Waals surface area (Å²) in [6.07, 6.45) is 2.26. The molecule has 2 unspecified atom stereocenters. The lowest BCUT2D eigenvalue weighted by molar-refractivity contribution is 0.411. The van der Waals surface area contributed by atoms with Gasteiger partial charge in [0.15, 0.2) is 0 Å². The molecule has 4 heteroatoms. The minimum absolute atomic E-state index is 0.437. The minimum Gasteiger partial charge on any atom is -0.357 e. The summed E-state index contributed by atoms with van der Waals surface area (Å²) < 4.78 is 0. The third-order valence-electron chi connectivity index (χ3n) is 4.45. The van der Waals surface area contributed by atoms with Gasteiger partial charge in [-0.15, -0.1) is 0 Å². The Morgan fingerprint density at radius 1 is 1.62 bits per heavy atom. The number of nitrogens with zero attached hydrogens (tertiary/aromatic N) is 2. The van der Waals surface area contributed by atoms with Crippen LogP contribution in [0.25, 0.3) is 5.57 Å². The number of aliphatic imine (C=N–C) groups is 1. The Balaban J connectivity index is 2.35. The normalized spacial score (nSPS) is 21.8. The molecule has 1 aromatic heterocycles. The van der Waals surface area contributed by atoms with Crippen molar-refractivity contribution in [3.8, 4) is 0 Å². The molecule has 2 atom stereocenters. The van der Waals surface area contributed by atoms with Crippen molar-refractivity contribution in [1.82, 2.24) is 9.88 Å².